The Kier molecular flexibility index (Phi) is 8.66. The van der Waals surface area contributed by atoms with Crippen molar-refractivity contribution >= 4 is 24.2 Å². The summed E-state index contributed by atoms with van der Waals surface area (Å²) in [4.78, 5) is 23.8. The fourth-order valence-electron chi connectivity index (χ4n) is 3.02. The number of carbonyl (C=O) groups excluding carboxylic acids is 2. The molecule has 1 saturated carbocycles. The van der Waals surface area contributed by atoms with E-state index in [1.54, 1.807) is 0 Å². The van der Waals surface area contributed by atoms with Crippen molar-refractivity contribution in [1.82, 2.24) is 10.6 Å². The number of carbonyl (C=O) groups is 2. The van der Waals surface area contributed by atoms with Crippen LogP contribution in [0.5, 0.6) is 0 Å². The Morgan fingerprint density at radius 3 is 2.57 bits per heavy atom. The van der Waals surface area contributed by atoms with Crippen molar-refractivity contribution in [3.63, 3.8) is 0 Å². The van der Waals surface area contributed by atoms with Gasteiger partial charge in [-0.15, -0.1) is 12.4 Å². The van der Waals surface area contributed by atoms with Crippen LogP contribution in [-0.2, 0) is 16.0 Å². The van der Waals surface area contributed by atoms with Crippen molar-refractivity contribution in [1.29, 1.82) is 0 Å². The maximum Gasteiger partial charge on any atom is 0.239 e. The van der Waals surface area contributed by atoms with Crippen LogP contribution >= 0.6 is 12.4 Å². The summed E-state index contributed by atoms with van der Waals surface area (Å²) in [5, 5.41) is 5.55. The van der Waals surface area contributed by atoms with E-state index >= 15 is 0 Å². The standard InChI is InChI=1S/C17H25N3O2.ClH/c18-11-14-7-4-8-15(14)17(22)20-12-16(21)19-10-9-13-5-2-1-3-6-13;/h1-3,5-6,14-15H,4,7-12,18H2,(H,19,21)(H,20,22);1H/t14-,15-;/m1./s1. The first-order valence-corrected chi connectivity index (χ1v) is 7.99. The highest BCUT2D eigenvalue weighted by Crippen LogP contribution is 2.30. The Bertz CT molecular complexity index is 496. The molecule has 0 saturated heterocycles. The lowest BCUT2D eigenvalue weighted by molar-refractivity contribution is -0.129. The lowest BCUT2D eigenvalue weighted by Gasteiger charge is -2.17. The van der Waals surface area contributed by atoms with Gasteiger partial charge in [-0.25, -0.2) is 0 Å². The number of benzene rings is 1. The molecule has 6 heteroatoms. The van der Waals surface area contributed by atoms with E-state index in [2.05, 4.69) is 10.6 Å². The average Bonchev–Trinajstić information content (AvgIpc) is 3.02. The van der Waals surface area contributed by atoms with Gasteiger partial charge in [0.15, 0.2) is 0 Å². The molecule has 23 heavy (non-hydrogen) atoms. The van der Waals surface area contributed by atoms with E-state index in [1.165, 1.54) is 5.56 Å². The van der Waals surface area contributed by atoms with E-state index in [0.29, 0.717) is 13.1 Å². The van der Waals surface area contributed by atoms with Gasteiger partial charge in [-0.3, -0.25) is 9.59 Å². The average molecular weight is 340 g/mol. The van der Waals surface area contributed by atoms with Gasteiger partial charge in [0.25, 0.3) is 0 Å². The van der Waals surface area contributed by atoms with Crippen LogP contribution in [0.2, 0.25) is 0 Å². The van der Waals surface area contributed by atoms with E-state index < -0.39 is 0 Å². The van der Waals surface area contributed by atoms with Crippen molar-refractivity contribution in [2.45, 2.75) is 25.7 Å². The van der Waals surface area contributed by atoms with Crippen molar-refractivity contribution in [3.05, 3.63) is 35.9 Å². The van der Waals surface area contributed by atoms with Gasteiger partial charge in [-0.1, -0.05) is 36.8 Å². The largest absolute Gasteiger partial charge is 0.354 e. The van der Waals surface area contributed by atoms with Crippen LogP contribution < -0.4 is 16.4 Å². The van der Waals surface area contributed by atoms with Crippen molar-refractivity contribution in [2.75, 3.05) is 19.6 Å². The maximum atomic E-state index is 12.1. The Balaban J connectivity index is 0.00000264. The first-order valence-electron chi connectivity index (χ1n) is 7.99. The topological polar surface area (TPSA) is 84.2 Å². The molecule has 0 spiro atoms. The van der Waals surface area contributed by atoms with Crippen LogP contribution in [0.3, 0.4) is 0 Å². The van der Waals surface area contributed by atoms with Crippen LogP contribution in [0.1, 0.15) is 24.8 Å². The molecule has 1 aliphatic carbocycles. The minimum absolute atomic E-state index is 0. The fraction of sp³-hybridized carbons (Fsp3) is 0.529. The monoisotopic (exact) mass is 339 g/mol. The Morgan fingerprint density at radius 2 is 1.87 bits per heavy atom. The fourth-order valence-corrected chi connectivity index (χ4v) is 3.02. The minimum atomic E-state index is -0.147. The molecule has 0 unspecified atom stereocenters. The Hall–Kier alpha value is -1.59. The number of rotatable bonds is 7. The number of nitrogens with two attached hydrogens (primary N) is 1. The second kappa shape index (κ2) is 10.2. The maximum absolute atomic E-state index is 12.1. The third-order valence-electron chi connectivity index (χ3n) is 4.30. The zero-order valence-corrected chi connectivity index (χ0v) is 14.1. The van der Waals surface area contributed by atoms with Crippen LogP contribution in [0, 0.1) is 11.8 Å². The summed E-state index contributed by atoms with van der Waals surface area (Å²) in [6.45, 7) is 1.16. The lowest BCUT2D eigenvalue weighted by atomic mass is 9.95. The molecule has 0 aromatic heterocycles. The van der Waals surface area contributed by atoms with E-state index in [1.807, 2.05) is 30.3 Å². The van der Waals surface area contributed by atoms with Crippen LogP contribution in [0.25, 0.3) is 0 Å². The number of halogens is 1. The molecule has 5 nitrogen and oxygen atoms in total. The second-order valence-electron chi connectivity index (χ2n) is 5.84. The van der Waals surface area contributed by atoms with E-state index in [0.717, 1.165) is 25.7 Å². The summed E-state index contributed by atoms with van der Waals surface area (Å²) >= 11 is 0. The molecule has 1 fully saturated rings. The number of hydrogen-bond acceptors (Lipinski definition) is 3. The van der Waals surface area contributed by atoms with Gasteiger partial charge in [0, 0.05) is 12.5 Å². The van der Waals surface area contributed by atoms with E-state index in [-0.39, 0.29) is 42.6 Å². The molecule has 0 bridgehead atoms. The van der Waals surface area contributed by atoms with E-state index in [4.69, 9.17) is 5.73 Å². The third-order valence-corrected chi connectivity index (χ3v) is 4.30. The van der Waals surface area contributed by atoms with Crippen LogP contribution in [0.4, 0.5) is 0 Å². The second-order valence-corrected chi connectivity index (χ2v) is 5.84. The van der Waals surface area contributed by atoms with Gasteiger partial charge >= 0.3 is 0 Å². The molecule has 2 amide bonds. The molecule has 1 aromatic rings. The molecule has 0 radical (unpaired) electrons. The van der Waals surface area contributed by atoms with Gasteiger partial charge < -0.3 is 16.4 Å². The Labute approximate surface area is 143 Å². The van der Waals surface area contributed by atoms with Crippen molar-refractivity contribution in [3.8, 4) is 0 Å². The SMILES string of the molecule is Cl.NC[C@H]1CCC[C@H]1C(=O)NCC(=O)NCCc1ccccc1. The van der Waals surface area contributed by atoms with Crippen molar-refractivity contribution in [2.24, 2.45) is 17.6 Å². The van der Waals surface area contributed by atoms with Gasteiger partial charge in [0.1, 0.15) is 0 Å². The van der Waals surface area contributed by atoms with Crippen molar-refractivity contribution < 1.29 is 9.59 Å². The lowest BCUT2D eigenvalue weighted by Crippen LogP contribution is -2.41. The minimum Gasteiger partial charge on any atom is -0.354 e. The molecular formula is C17H26ClN3O2. The van der Waals surface area contributed by atoms with Crippen LogP contribution in [0.15, 0.2) is 30.3 Å². The van der Waals surface area contributed by atoms with Gasteiger partial charge in [-0.2, -0.15) is 0 Å². The number of amides is 2. The molecule has 128 valence electrons. The summed E-state index contributed by atoms with van der Waals surface area (Å²) in [6.07, 6.45) is 3.73. The molecule has 2 rings (SSSR count). The first-order chi connectivity index (χ1) is 10.7. The zero-order chi connectivity index (χ0) is 15.8. The predicted molar refractivity (Wildman–Crippen MR) is 93.3 cm³/mol. The molecule has 0 aliphatic heterocycles. The summed E-state index contributed by atoms with van der Waals surface area (Å²) < 4.78 is 0. The predicted octanol–water partition coefficient (Wildman–Crippen LogP) is 1.26. The molecule has 2 atom stereocenters. The summed E-state index contributed by atoms with van der Waals surface area (Å²) in [7, 11) is 0. The quantitative estimate of drug-likeness (QED) is 0.699. The summed E-state index contributed by atoms with van der Waals surface area (Å²) in [6, 6.07) is 9.98. The Morgan fingerprint density at radius 1 is 1.13 bits per heavy atom. The molecule has 1 aliphatic rings. The molecule has 1 aromatic carbocycles. The zero-order valence-electron chi connectivity index (χ0n) is 13.3. The smallest absolute Gasteiger partial charge is 0.239 e. The highest BCUT2D eigenvalue weighted by Gasteiger charge is 2.31. The molecule has 4 N–H and O–H groups in total. The normalized spacial score (nSPS) is 19.7. The molecule has 0 heterocycles. The van der Waals surface area contributed by atoms with Gasteiger partial charge in [-0.05, 0) is 37.3 Å². The summed E-state index contributed by atoms with van der Waals surface area (Å²) in [5.41, 5.74) is 6.86. The van der Waals surface area contributed by atoms with Crippen LogP contribution in [-0.4, -0.2) is 31.4 Å². The summed E-state index contributed by atoms with van der Waals surface area (Å²) in [5.74, 6) is 0.0565. The molecular weight excluding hydrogens is 314 g/mol. The van der Waals surface area contributed by atoms with E-state index in [9.17, 15) is 9.59 Å². The number of hydrogen-bond donors (Lipinski definition) is 3. The van der Waals surface area contributed by atoms with Gasteiger partial charge in [0.2, 0.25) is 11.8 Å². The first kappa shape index (κ1) is 19.5. The third kappa shape index (κ3) is 6.20. The van der Waals surface area contributed by atoms with Gasteiger partial charge in [0.05, 0.1) is 6.54 Å². The highest BCUT2D eigenvalue weighted by atomic mass is 35.5. The number of nitrogens with one attached hydrogen (secondary N) is 2. The highest BCUT2D eigenvalue weighted by molar-refractivity contribution is 5.86.